The van der Waals surface area contributed by atoms with Crippen molar-refractivity contribution in [3.05, 3.63) is 59.9 Å². The summed E-state index contributed by atoms with van der Waals surface area (Å²) in [6.07, 6.45) is 5.32. The summed E-state index contributed by atoms with van der Waals surface area (Å²) in [5.74, 6) is 1.57. The Balaban J connectivity index is 1.25. The van der Waals surface area contributed by atoms with Crippen molar-refractivity contribution >= 4 is 22.8 Å². The number of methoxy groups -OCH3 is 1. The van der Waals surface area contributed by atoms with Gasteiger partial charge in [0.1, 0.15) is 24.7 Å². The molecule has 2 aliphatic rings. The van der Waals surface area contributed by atoms with Crippen molar-refractivity contribution in [2.75, 3.05) is 26.7 Å². The summed E-state index contributed by atoms with van der Waals surface area (Å²) in [5.41, 5.74) is 2.96. The molecule has 1 atom stereocenters. The normalized spacial score (nSPS) is 20.2. The molecular weight excluding hydrogens is 480 g/mol. The first-order valence-electron chi connectivity index (χ1n) is 13.7. The molecular formula is C30H38N4O4. The molecule has 0 saturated carbocycles. The zero-order chi connectivity index (χ0) is 26.5. The maximum atomic E-state index is 13.4. The van der Waals surface area contributed by atoms with Gasteiger partial charge < -0.3 is 24.3 Å². The maximum absolute atomic E-state index is 13.4. The molecule has 0 aliphatic carbocycles. The molecule has 3 heterocycles. The van der Waals surface area contributed by atoms with Crippen LogP contribution in [0.15, 0.2) is 48.5 Å². The number of ether oxygens (including phenoxy) is 2. The van der Waals surface area contributed by atoms with Gasteiger partial charge in [0.05, 0.1) is 11.0 Å². The van der Waals surface area contributed by atoms with Gasteiger partial charge in [0, 0.05) is 26.7 Å². The molecule has 1 N–H and O–H groups in total. The molecule has 5 rings (SSSR count). The zero-order valence-corrected chi connectivity index (χ0v) is 22.4. The highest BCUT2D eigenvalue weighted by Gasteiger charge is 2.36. The molecule has 2 aromatic carbocycles. The summed E-state index contributed by atoms with van der Waals surface area (Å²) < 4.78 is 13.3. The molecule has 3 aromatic rings. The van der Waals surface area contributed by atoms with Crippen molar-refractivity contribution in [2.45, 2.75) is 64.7 Å². The van der Waals surface area contributed by atoms with Gasteiger partial charge in [0.2, 0.25) is 5.91 Å². The lowest BCUT2D eigenvalue weighted by atomic mass is 9.74. The van der Waals surface area contributed by atoms with E-state index in [-0.39, 0.29) is 23.8 Å². The van der Waals surface area contributed by atoms with Gasteiger partial charge in [-0.25, -0.2) is 4.98 Å². The van der Waals surface area contributed by atoms with Crippen LogP contribution in [0.1, 0.15) is 50.4 Å². The highest BCUT2D eigenvalue weighted by atomic mass is 16.5. The van der Waals surface area contributed by atoms with E-state index >= 15 is 0 Å². The predicted molar refractivity (Wildman–Crippen MR) is 146 cm³/mol. The number of piperidine rings is 1. The van der Waals surface area contributed by atoms with Gasteiger partial charge in [0.25, 0.3) is 5.91 Å². The minimum absolute atomic E-state index is 0.00616. The number of carbonyl (C=O) groups is 2. The molecule has 2 aliphatic heterocycles. The van der Waals surface area contributed by atoms with Gasteiger partial charge in [-0.05, 0) is 68.2 Å². The van der Waals surface area contributed by atoms with Crippen molar-refractivity contribution in [3.63, 3.8) is 0 Å². The fourth-order valence-corrected chi connectivity index (χ4v) is 5.83. The molecule has 0 radical (unpaired) electrons. The number of fused-ring (bicyclic) bond motifs is 2. The van der Waals surface area contributed by atoms with E-state index in [0.717, 1.165) is 66.7 Å². The minimum Gasteiger partial charge on any atom is -0.481 e. The summed E-state index contributed by atoms with van der Waals surface area (Å²) in [5, 5.41) is 3.17. The number of imidazole rings is 1. The number of aromatic nitrogens is 2. The Morgan fingerprint density at radius 3 is 2.68 bits per heavy atom. The van der Waals surface area contributed by atoms with E-state index < -0.39 is 6.10 Å². The number of nitrogens with zero attached hydrogens (tertiary/aromatic N) is 3. The van der Waals surface area contributed by atoms with E-state index in [1.54, 1.807) is 7.11 Å². The Labute approximate surface area is 224 Å². The number of aryl methyl sites for hydroxylation is 1. The van der Waals surface area contributed by atoms with Crippen LogP contribution < -0.4 is 10.1 Å². The van der Waals surface area contributed by atoms with Gasteiger partial charge in [-0.3, -0.25) is 9.59 Å². The van der Waals surface area contributed by atoms with Crippen LogP contribution in [0.3, 0.4) is 0 Å². The summed E-state index contributed by atoms with van der Waals surface area (Å²) in [7, 11) is 1.64. The number of nitrogens with one attached hydrogen (secondary N) is 1. The Kier molecular flexibility index (Phi) is 7.98. The number of hydrogen-bond acceptors (Lipinski definition) is 5. The molecule has 0 bridgehead atoms. The number of hydrogen-bond donors (Lipinski definition) is 1. The number of carbonyl (C=O) groups excluding carboxylic acids is 2. The minimum atomic E-state index is -0.555. The van der Waals surface area contributed by atoms with Crippen LogP contribution in [-0.4, -0.2) is 59.1 Å². The Bertz CT molecular complexity index is 1280. The molecule has 1 spiro atoms. The lowest BCUT2D eigenvalue weighted by Crippen LogP contribution is -2.50. The van der Waals surface area contributed by atoms with Gasteiger partial charge in [-0.2, -0.15) is 0 Å². The molecule has 1 aromatic heterocycles. The van der Waals surface area contributed by atoms with Crippen LogP contribution in [0.4, 0.5) is 0 Å². The first-order chi connectivity index (χ1) is 18.5. The predicted octanol–water partition coefficient (Wildman–Crippen LogP) is 4.10. The van der Waals surface area contributed by atoms with Crippen LogP contribution >= 0.6 is 0 Å². The van der Waals surface area contributed by atoms with E-state index in [1.165, 1.54) is 0 Å². The second kappa shape index (κ2) is 11.6. The number of benzene rings is 2. The topological polar surface area (TPSA) is 85.7 Å². The quantitative estimate of drug-likeness (QED) is 0.562. The molecule has 1 saturated heterocycles. The standard InChI is InChI=1S/C30H38N4O4/c1-22-29(36)31-21-30(14-8-7-10-23-9-3-6-13-26(23)38-22)15-17-33(18-16-30)28(35)19-34-25-12-5-4-11-24(25)32-27(34)20-37-2/h3-6,9,11-13,22H,7-8,10,14-21H2,1-2H3,(H,31,36)/t22-/m1/s1. The molecule has 8 nitrogen and oxygen atoms in total. The Morgan fingerprint density at radius 1 is 1.11 bits per heavy atom. The molecule has 202 valence electrons. The number of para-hydroxylation sites is 3. The van der Waals surface area contributed by atoms with Crippen LogP contribution in [0.2, 0.25) is 0 Å². The summed E-state index contributed by atoms with van der Waals surface area (Å²) >= 11 is 0. The van der Waals surface area contributed by atoms with Crippen LogP contribution in [0.25, 0.3) is 11.0 Å². The monoisotopic (exact) mass is 518 g/mol. The Hall–Kier alpha value is -3.39. The molecule has 0 unspecified atom stereocenters. The van der Waals surface area contributed by atoms with Crippen LogP contribution in [0.5, 0.6) is 5.75 Å². The van der Waals surface area contributed by atoms with E-state index in [4.69, 9.17) is 9.47 Å². The molecule has 8 heteroatoms. The molecule has 1 fully saturated rings. The summed E-state index contributed by atoms with van der Waals surface area (Å²) in [6, 6.07) is 15.9. The zero-order valence-electron chi connectivity index (χ0n) is 22.4. The van der Waals surface area contributed by atoms with E-state index in [0.29, 0.717) is 26.2 Å². The second-order valence-electron chi connectivity index (χ2n) is 10.7. The van der Waals surface area contributed by atoms with Gasteiger partial charge in [-0.15, -0.1) is 0 Å². The number of amides is 2. The fraction of sp³-hybridized carbons (Fsp3) is 0.500. The lowest BCUT2D eigenvalue weighted by Gasteiger charge is -2.42. The first-order valence-corrected chi connectivity index (χ1v) is 13.7. The first kappa shape index (κ1) is 26.2. The SMILES string of the molecule is COCc1nc2ccccc2n1CC(=O)N1CCC2(CCCCc3ccccc3O[C@H](C)C(=O)NC2)CC1. The van der Waals surface area contributed by atoms with E-state index in [9.17, 15) is 9.59 Å². The number of rotatable bonds is 4. The van der Waals surface area contributed by atoms with Gasteiger partial charge in [-0.1, -0.05) is 36.8 Å². The third kappa shape index (κ3) is 5.70. The average molecular weight is 519 g/mol. The van der Waals surface area contributed by atoms with E-state index in [2.05, 4.69) is 16.4 Å². The van der Waals surface area contributed by atoms with Crippen molar-refractivity contribution in [2.24, 2.45) is 5.41 Å². The lowest BCUT2D eigenvalue weighted by molar-refractivity contribution is -0.135. The van der Waals surface area contributed by atoms with Crippen LogP contribution in [-0.2, 0) is 33.9 Å². The highest BCUT2D eigenvalue weighted by Crippen LogP contribution is 2.37. The van der Waals surface area contributed by atoms with Gasteiger partial charge in [0.15, 0.2) is 6.10 Å². The summed E-state index contributed by atoms with van der Waals surface area (Å²) in [4.78, 5) is 32.9. The smallest absolute Gasteiger partial charge is 0.260 e. The number of likely N-dealkylation sites (tertiary alicyclic amines) is 1. The maximum Gasteiger partial charge on any atom is 0.260 e. The largest absolute Gasteiger partial charge is 0.481 e. The average Bonchev–Trinajstić information content (AvgIpc) is 3.27. The molecule has 38 heavy (non-hydrogen) atoms. The third-order valence-electron chi connectivity index (χ3n) is 8.16. The van der Waals surface area contributed by atoms with Crippen molar-refractivity contribution in [3.8, 4) is 5.75 Å². The van der Waals surface area contributed by atoms with Crippen molar-refractivity contribution < 1.29 is 19.1 Å². The van der Waals surface area contributed by atoms with Crippen LogP contribution in [0, 0.1) is 5.41 Å². The Morgan fingerprint density at radius 2 is 1.87 bits per heavy atom. The van der Waals surface area contributed by atoms with Crippen molar-refractivity contribution in [1.29, 1.82) is 0 Å². The van der Waals surface area contributed by atoms with Crippen molar-refractivity contribution in [1.82, 2.24) is 19.8 Å². The molecule has 2 amide bonds. The third-order valence-corrected chi connectivity index (χ3v) is 8.16. The fourth-order valence-electron chi connectivity index (χ4n) is 5.83. The summed E-state index contributed by atoms with van der Waals surface area (Å²) in [6.45, 7) is 4.41. The van der Waals surface area contributed by atoms with E-state index in [1.807, 2.05) is 58.9 Å². The highest BCUT2D eigenvalue weighted by molar-refractivity contribution is 5.82. The second-order valence-corrected chi connectivity index (χ2v) is 10.7. The van der Waals surface area contributed by atoms with Gasteiger partial charge >= 0.3 is 0 Å².